The van der Waals surface area contributed by atoms with Crippen molar-refractivity contribution in [1.29, 1.82) is 0 Å². The van der Waals surface area contributed by atoms with Gasteiger partial charge in [-0.1, -0.05) is 0 Å². The number of likely N-dealkylation sites (N-methyl/N-ethyl adjacent to an activating group) is 1. The lowest BCUT2D eigenvalue weighted by Gasteiger charge is -2.38. The molecule has 0 bridgehead atoms. The molecule has 0 saturated carbocycles. The molecule has 0 aromatic rings. The van der Waals surface area contributed by atoms with Crippen molar-refractivity contribution in [3.8, 4) is 0 Å². The fraction of sp³-hybridized carbons (Fsp3) is 0.778. The molecule has 1 aliphatic rings. The van der Waals surface area contributed by atoms with Crippen LogP contribution in [0.15, 0.2) is 0 Å². The van der Waals surface area contributed by atoms with Crippen molar-refractivity contribution in [2.45, 2.75) is 19.1 Å². The SMILES string of the molecule is CCN1CCN(C(CN)C(F)(F)F)C(=O)C1=O. The molecule has 0 aromatic heterocycles. The predicted octanol–water partition coefficient (Wildman–Crippen LogP) is -0.433. The molecule has 1 saturated heterocycles. The predicted molar refractivity (Wildman–Crippen MR) is 52.9 cm³/mol. The minimum Gasteiger partial charge on any atom is -0.333 e. The zero-order valence-electron chi connectivity index (χ0n) is 9.33. The van der Waals surface area contributed by atoms with Crippen LogP contribution >= 0.6 is 0 Å². The fourth-order valence-corrected chi connectivity index (χ4v) is 1.73. The van der Waals surface area contributed by atoms with Crippen LogP contribution in [0.2, 0.25) is 0 Å². The summed E-state index contributed by atoms with van der Waals surface area (Å²) in [4.78, 5) is 24.7. The molecular weight excluding hydrogens is 239 g/mol. The van der Waals surface area contributed by atoms with Gasteiger partial charge in [-0.15, -0.1) is 0 Å². The number of hydrogen-bond acceptors (Lipinski definition) is 3. The van der Waals surface area contributed by atoms with E-state index < -0.39 is 30.6 Å². The van der Waals surface area contributed by atoms with E-state index in [0.29, 0.717) is 11.4 Å². The van der Waals surface area contributed by atoms with Gasteiger partial charge in [0, 0.05) is 26.2 Å². The molecule has 1 heterocycles. The lowest BCUT2D eigenvalue weighted by molar-refractivity contribution is -0.193. The first-order valence-electron chi connectivity index (χ1n) is 5.19. The Morgan fingerprint density at radius 3 is 2.29 bits per heavy atom. The quantitative estimate of drug-likeness (QED) is 0.694. The third kappa shape index (κ3) is 2.68. The van der Waals surface area contributed by atoms with Gasteiger partial charge in [-0.2, -0.15) is 13.2 Å². The van der Waals surface area contributed by atoms with E-state index in [0.717, 1.165) is 0 Å². The van der Waals surface area contributed by atoms with Crippen LogP contribution in [-0.4, -0.2) is 60.0 Å². The maximum atomic E-state index is 12.6. The van der Waals surface area contributed by atoms with Crippen molar-refractivity contribution >= 4 is 11.8 Å². The van der Waals surface area contributed by atoms with Gasteiger partial charge in [-0.3, -0.25) is 9.59 Å². The van der Waals surface area contributed by atoms with Gasteiger partial charge in [-0.25, -0.2) is 0 Å². The van der Waals surface area contributed by atoms with E-state index in [1.165, 1.54) is 4.90 Å². The summed E-state index contributed by atoms with van der Waals surface area (Å²) in [6.07, 6.45) is -4.61. The van der Waals surface area contributed by atoms with Crippen LogP contribution in [0, 0.1) is 0 Å². The van der Waals surface area contributed by atoms with Crippen molar-refractivity contribution in [3.05, 3.63) is 0 Å². The van der Waals surface area contributed by atoms with Gasteiger partial charge in [-0.05, 0) is 6.92 Å². The lowest BCUT2D eigenvalue weighted by atomic mass is 10.2. The number of nitrogens with zero attached hydrogens (tertiary/aromatic N) is 2. The van der Waals surface area contributed by atoms with Gasteiger partial charge in [0.1, 0.15) is 6.04 Å². The zero-order valence-corrected chi connectivity index (χ0v) is 9.33. The lowest BCUT2D eigenvalue weighted by Crippen LogP contribution is -2.62. The summed E-state index contributed by atoms with van der Waals surface area (Å²) in [5, 5.41) is 0. The van der Waals surface area contributed by atoms with E-state index >= 15 is 0 Å². The second-order valence-corrected chi connectivity index (χ2v) is 3.68. The van der Waals surface area contributed by atoms with Crippen LogP contribution in [0.3, 0.4) is 0 Å². The van der Waals surface area contributed by atoms with Crippen LogP contribution in [0.25, 0.3) is 0 Å². The van der Waals surface area contributed by atoms with Gasteiger partial charge in [0.2, 0.25) is 0 Å². The number of rotatable bonds is 3. The third-order valence-electron chi connectivity index (χ3n) is 2.70. The second kappa shape index (κ2) is 4.91. The van der Waals surface area contributed by atoms with Crippen LogP contribution in [0.1, 0.15) is 6.92 Å². The minimum atomic E-state index is -4.61. The second-order valence-electron chi connectivity index (χ2n) is 3.68. The van der Waals surface area contributed by atoms with Crippen LogP contribution in [0.4, 0.5) is 13.2 Å². The summed E-state index contributed by atoms with van der Waals surface area (Å²) >= 11 is 0. The van der Waals surface area contributed by atoms with Crippen LogP contribution in [0.5, 0.6) is 0 Å². The average molecular weight is 253 g/mol. The highest BCUT2D eigenvalue weighted by atomic mass is 19.4. The molecule has 5 nitrogen and oxygen atoms in total. The number of nitrogens with two attached hydrogens (primary N) is 1. The Bertz CT molecular complexity index is 319. The number of hydrogen-bond donors (Lipinski definition) is 1. The van der Waals surface area contributed by atoms with Gasteiger partial charge >= 0.3 is 18.0 Å². The van der Waals surface area contributed by atoms with Gasteiger partial charge in [0.05, 0.1) is 0 Å². The summed E-state index contributed by atoms with van der Waals surface area (Å²) in [7, 11) is 0. The standard InChI is InChI=1S/C9H14F3N3O2/c1-2-14-3-4-15(8(17)7(14)16)6(5-13)9(10,11)12/h6H,2-5,13H2,1H3. The summed E-state index contributed by atoms with van der Waals surface area (Å²) in [6.45, 7) is 1.19. The van der Waals surface area contributed by atoms with Crippen molar-refractivity contribution < 1.29 is 22.8 Å². The van der Waals surface area contributed by atoms with Gasteiger partial charge in [0.25, 0.3) is 0 Å². The van der Waals surface area contributed by atoms with Crippen molar-refractivity contribution in [3.63, 3.8) is 0 Å². The Hall–Kier alpha value is -1.31. The number of carbonyl (C=O) groups excluding carboxylic acids is 2. The number of amides is 2. The first-order chi connectivity index (χ1) is 7.82. The highest BCUT2D eigenvalue weighted by molar-refractivity contribution is 6.35. The molecule has 8 heteroatoms. The normalized spacial score (nSPS) is 19.8. The molecule has 0 aliphatic carbocycles. The summed E-state index contributed by atoms with van der Waals surface area (Å²) in [6, 6.07) is -2.09. The zero-order chi connectivity index (χ0) is 13.2. The number of piperazine rings is 1. The largest absolute Gasteiger partial charge is 0.410 e. The fourth-order valence-electron chi connectivity index (χ4n) is 1.73. The highest BCUT2D eigenvalue weighted by Crippen LogP contribution is 2.25. The molecular formula is C9H14F3N3O2. The highest BCUT2D eigenvalue weighted by Gasteiger charge is 2.47. The smallest absolute Gasteiger partial charge is 0.333 e. The molecule has 98 valence electrons. The van der Waals surface area contributed by atoms with Gasteiger partial charge < -0.3 is 15.5 Å². The van der Waals surface area contributed by atoms with Crippen molar-refractivity contribution in [1.82, 2.24) is 9.80 Å². The Morgan fingerprint density at radius 2 is 1.88 bits per heavy atom. The summed E-state index contributed by atoms with van der Waals surface area (Å²) < 4.78 is 37.8. The van der Waals surface area contributed by atoms with Crippen LogP contribution < -0.4 is 5.73 Å². The van der Waals surface area contributed by atoms with E-state index in [4.69, 9.17) is 5.73 Å². The molecule has 1 aliphatic heterocycles. The number of halogens is 3. The molecule has 1 fully saturated rings. The van der Waals surface area contributed by atoms with Crippen molar-refractivity contribution in [2.75, 3.05) is 26.2 Å². The van der Waals surface area contributed by atoms with E-state index in [1.54, 1.807) is 6.92 Å². The Kier molecular flexibility index (Phi) is 3.97. The molecule has 1 atom stereocenters. The molecule has 0 radical (unpaired) electrons. The Morgan fingerprint density at radius 1 is 1.29 bits per heavy atom. The molecule has 17 heavy (non-hydrogen) atoms. The minimum absolute atomic E-state index is 0.105. The van der Waals surface area contributed by atoms with Crippen molar-refractivity contribution in [2.24, 2.45) is 5.73 Å². The number of alkyl halides is 3. The first-order valence-corrected chi connectivity index (χ1v) is 5.19. The van der Waals surface area contributed by atoms with E-state index in [2.05, 4.69) is 0 Å². The summed E-state index contributed by atoms with van der Waals surface area (Å²) in [5.74, 6) is -2.03. The summed E-state index contributed by atoms with van der Waals surface area (Å²) in [5.41, 5.74) is 5.03. The number of carbonyl (C=O) groups is 2. The molecule has 1 unspecified atom stereocenters. The Balaban J connectivity index is 2.87. The topological polar surface area (TPSA) is 66.6 Å². The molecule has 0 aromatic carbocycles. The monoisotopic (exact) mass is 253 g/mol. The average Bonchev–Trinajstić information content (AvgIpc) is 2.23. The third-order valence-corrected chi connectivity index (χ3v) is 2.70. The van der Waals surface area contributed by atoms with E-state index in [-0.39, 0.29) is 13.1 Å². The molecule has 2 N–H and O–H groups in total. The van der Waals surface area contributed by atoms with Gasteiger partial charge in [0.15, 0.2) is 0 Å². The first kappa shape index (κ1) is 13.8. The molecule has 1 rings (SSSR count). The van der Waals surface area contributed by atoms with E-state index in [1.807, 2.05) is 0 Å². The maximum absolute atomic E-state index is 12.6. The Labute approximate surface area is 96.3 Å². The molecule has 2 amide bonds. The molecule has 0 spiro atoms. The van der Waals surface area contributed by atoms with Crippen LogP contribution in [-0.2, 0) is 9.59 Å². The maximum Gasteiger partial charge on any atom is 0.410 e. The van der Waals surface area contributed by atoms with E-state index in [9.17, 15) is 22.8 Å².